The molecule has 2 N–H and O–H groups in total. The first-order valence-corrected chi connectivity index (χ1v) is 6.10. The van der Waals surface area contributed by atoms with E-state index in [-0.39, 0.29) is 16.6 Å². The van der Waals surface area contributed by atoms with Crippen molar-refractivity contribution in [3.8, 4) is 6.07 Å². The van der Waals surface area contributed by atoms with E-state index in [9.17, 15) is 8.42 Å². The van der Waals surface area contributed by atoms with Gasteiger partial charge >= 0.3 is 0 Å². The summed E-state index contributed by atoms with van der Waals surface area (Å²) in [5.74, 6) is 0. The van der Waals surface area contributed by atoms with Crippen LogP contribution in [0.1, 0.15) is 5.69 Å². The van der Waals surface area contributed by atoms with Crippen LogP contribution in [0.4, 0.5) is 0 Å². The van der Waals surface area contributed by atoms with Gasteiger partial charge in [0.1, 0.15) is 11.0 Å². The maximum Gasteiger partial charge on any atom is 0.246 e. The summed E-state index contributed by atoms with van der Waals surface area (Å²) in [6.45, 7) is 0.587. The molecule has 1 aliphatic rings. The van der Waals surface area contributed by atoms with Gasteiger partial charge in [0.25, 0.3) is 0 Å². The Morgan fingerprint density at radius 3 is 2.81 bits per heavy atom. The Kier molecular flexibility index (Phi) is 2.63. The third-order valence-corrected chi connectivity index (χ3v) is 4.23. The van der Waals surface area contributed by atoms with Crippen molar-refractivity contribution in [3.63, 3.8) is 0 Å². The summed E-state index contributed by atoms with van der Waals surface area (Å²) in [5.41, 5.74) is 5.45. The van der Waals surface area contributed by atoms with Crippen LogP contribution in [0.15, 0.2) is 23.2 Å². The summed E-state index contributed by atoms with van der Waals surface area (Å²) >= 11 is 0. The Balaban J connectivity index is 2.41. The van der Waals surface area contributed by atoms with Crippen LogP contribution in [0.25, 0.3) is 0 Å². The summed E-state index contributed by atoms with van der Waals surface area (Å²) in [6.07, 6.45) is 1.39. The summed E-state index contributed by atoms with van der Waals surface area (Å²) < 4.78 is 25.3. The van der Waals surface area contributed by atoms with Gasteiger partial charge in [0.05, 0.1) is 0 Å². The highest BCUT2D eigenvalue weighted by Crippen LogP contribution is 2.22. The second-order valence-corrected chi connectivity index (χ2v) is 5.45. The normalized spacial score (nSPS) is 17.8. The van der Waals surface area contributed by atoms with Crippen molar-refractivity contribution in [2.75, 3.05) is 13.1 Å². The summed E-state index contributed by atoms with van der Waals surface area (Å²) in [7, 11) is -3.61. The summed E-state index contributed by atoms with van der Waals surface area (Å²) in [6, 6.07) is 4.53. The van der Waals surface area contributed by atoms with Crippen molar-refractivity contribution in [2.45, 2.75) is 10.9 Å². The average Bonchev–Trinajstić information content (AvgIpc) is 2.24. The zero-order valence-electron chi connectivity index (χ0n) is 8.37. The number of aromatic nitrogens is 1. The second-order valence-electron chi connectivity index (χ2n) is 3.54. The first-order chi connectivity index (χ1) is 7.55. The van der Waals surface area contributed by atoms with Crippen LogP contribution in [0, 0.1) is 11.3 Å². The molecule has 2 heterocycles. The average molecular weight is 238 g/mol. The molecule has 0 radical (unpaired) electrons. The molecule has 1 saturated heterocycles. The van der Waals surface area contributed by atoms with Gasteiger partial charge < -0.3 is 5.73 Å². The Morgan fingerprint density at radius 2 is 2.25 bits per heavy atom. The maximum absolute atomic E-state index is 12.0. The Labute approximate surface area is 93.4 Å². The fourth-order valence-corrected chi connectivity index (χ4v) is 3.13. The predicted molar refractivity (Wildman–Crippen MR) is 55.7 cm³/mol. The molecular weight excluding hydrogens is 228 g/mol. The third kappa shape index (κ3) is 1.67. The summed E-state index contributed by atoms with van der Waals surface area (Å²) in [5, 5.41) is 8.79. The van der Waals surface area contributed by atoms with Crippen LogP contribution in [0.2, 0.25) is 0 Å². The van der Waals surface area contributed by atoms with Crippen molar-refractivity contribution >= 4 is 10.0 Å². The molecule has 0 amide bonds. The number of sulfonamides is 1. The fraction of sp³-hybridized carbons (Fsp3) is 0.333. The number of hydrogen-bond acceptors (Lipinski definition) is 5. The first-order valence-electron chi connectivity index (χ1n) is 4.66. The highest BCUT2D eigenvalue weighted by atomic mass is 32.2. The molecular formula is C9H10N4O2S. The molecule has 1 aromatic heterocycles. The van der Waals surface area contributed by atoms with Gasteiger partial charge in [-0.1, -0.05) is 0 Å². The van der Waals surface area contributed by atoms with Crippen LogP contribution in [-0.4, -0.2) is 36.8 Å². The van der Waals surface area contributed by atoms with Crippen LogP contribution in [0.5, 0.6) is 0 Å². The largest absolute Gasteiger partial charge is 0.325 e. The molecule has 0 aromatic carbocycles. The van der Waals surface area contributed by atoms with Crippen LogP contribution >= 0.6 is 0 Å². The topological polar surface area (TPSA) is 100 Å². The molecule has 16 heavy (non-hydrogen) atoms. The third-order valence-electron chi connectivity index (χ3n) is 2.37. The summed E-state index contributed by atoms with van der Waals surface area (Å²) in [4.78, 5) is 3.67. The minimum Gasteiger partial charge on any atom is -0.325 e. The molecule has 0 saturated carbocycles. The molecule has 2 rings (SSSR count). The molecule has 0 atom stereocenters. The van der Waals surface area contributed by atoms with Crippen molar-refractivity contribution in [3.05, 3.63) is 24.0 Å². The van der Waals surface area contributed by atoms with Crippen molar-refractivity contribution in [2.24, 2.45) is 5.73 Å². The number of nitrogens with two attached hydrogens (primary N) is 1. The second kappa shape index (κ2) is 3.83. The molecule has 0 aliphatic carbocycles. The Hall–Kier alpha value is -1.49. The number of hydrogen-bond donors (Lipinski definition) is 1. The van der Waals surface area contributed by atoms with Crippen molar-refractivity contribution < 1.29 is 8.42 Å². The van der Waals surface area contributed by atoms with E-state index in [4.69, 9.17) is 11.0 Å². The molecule has 1 fully saturated rings. The standard InChI is InChI=1S/C9H10N4O2S/c10-4-8-9(2-1-3-12-8)16(14,15)13-5-7(11)6-13/h1-3,7H,5-6,11H2. The maximum atomic E-state index is 12.0. The molecule has 0 spiro atoms. The molecule has 7 heteroatoms. The molecule has 1 aliphatic heterocycles. The number of nitriles is 1. The van der Waals surface area contributed by atoms with Crippen LogP contribution in [0.3, 0.4) is 0 Å². The molecule has 0 bridgehead atoms. The zero-order valence-corrected chi connectivity index (χ0v) is 9.18. The highest BCUT2D eigenvalue weighted by molar-refractivity contribution is 7.89. The van der Waals surface area contributed by atoms with E-state index >= 15 is 0 Å². The van der Waals surface area contributed by atoms with Crippen LogP contribution < -0.4 is 5.73 Å². The Bertz CT molecular complexity index is 543. The van der Waals surface area contributed by atoms with Gasteiger partial charge in [0.15, 0.2) is 5.69 Å². The van der Waals surface area contributed by atoms with E-state index in [1.54, 1.807) is 6.07 Å². The van der Waals surface area contributed by atoms with Gasteiger partial charge in [-0.2, -0.15) is 9.57 Å². The monoisotopic (exact) mass is 238 g/mol. The van der Waals surface area contributed by atoms with Gasteiger partial charge in [-0.25, -0.2) is 13.4 Å². The van der Waals surface area contributed by atoms with Crippen molar-refractivity contribution in [1.82, 2.24) is 9.29 Å². The van der Waals surface area contributed by atoms with Gasteiger partial charge in [-0.3, -0.25) is 0 Å². The molecule has 6 nitrogen and oxygen atoms in total. The molecule has 84 valence electrons. The number of nitrogens with zero attached hydrogens (tertiary/aromatic N) is 3. The van der Waals surface area contributed by atoms with Crippen molar-refractivity contribution in [1.29, 1.82) is 5.26 Å². The zero-order chi connectivity index (χ0) is 11.8. The quantitative estimate of drug-likeness (QED) is 0.733. The fourth-order valence-electron chi connectivity index (χ4n) is 1.49. The van der Waals surface area contributed by atoms with E-state index in [0.29, 0.717) is 13.1 Å². The smallest absolute Gasteiger partial charge is 0.246 e. The van der Waals surface area contributed by atoms with Gasteiger partial charge in [0.2, 0.25) is 10.0 Å². The minimum absolute atomic E-state index is 0.0515. The van der Waals surface area contributed by atoms with Gasteiger partial charge in [0, 0.05) is 25.3 Å². The van der Waals surface area contributed by atoms with Gasteiger partial charge in [-0.15, -0.1) is 0 Å². The highest BCUT2D eigenvalue weighted by Gasteiger charge is 2.36. The number of pyridine rings is 1. The Morgan fingerprint density at radius 1 is 1.56 bits per heavy atom. The number of rotatable bonds is 2. The first kappa shape index (κ1) is 11.0. The lowest BCUT2D eigenvalue weighted by Crippen LogP contribution is -2.57. The van der Waals surface area contributed by atoms with Gasteiger partial charge in [-0.05, 0) is 12.1 Å². The minimum atomic E-state index is -3.61. The molecule has 0 unspecified atom stereocenters. The van der Waals surface area contributed by atoms with Crippen LogP contribution in [-0.2, 0) is 10.0 Å². The van der Waals surface area contributed by atoms with E-state index in [0.717, 1.165) is 0 Å². The lowest BCUT2D eigenvalue weighted by atomic mass is 10.2. The lowest BCUT2D eigenvalue weighted by Gasteiger charge is -2.35. The predicted octanol–water partition coefficient (Wildman–Crippen LogP) is -0.715. The van der Waals surface area contributed by atoms with E-state index in [1.807, 2.05) is 0 Å². The molecule has 1 aromatic rings. The van der Waals surface area contributed by atoms with E-state index in [2.05, 4.69) is 4.98 Å². The lowest BCUT2D eigenvalue weighted by molar-refractivity contribution is 0.265. The van der Waals surface area contributed by atoms with E-state index in [1.165, 1.54) is 22.6 Å². The SMILES string of the molecule is N#Cc1ncccc1S(=O)(=O)N1CC(N)C1. The van der Waals surface area contributed by atoms with E-state index < -0.39 is 10.0 Å².